The molecule has 5 rings (SSSR count). The first-order valence-corrected chi connectivity index (χ1v) is 12.4. The number of hydrogen-bond donors (Lipinski definition) is 1. The van der Waals surface area contributed by atoms with Crippen LogP contribution in [0.5, 0.6) is 0 Å². The van der Waals surface area contributed by atoms with E-state index in [0.717, 1.165) is 28.8 Å². The topological polar surface area (TPSA) is 98.3 Å². The number of amides is 1. The normalized spacial score (nSPS) is 15.6. The van der Waals surface area contributed by atoms with E-state index in [-0.39, 0.29) is 10.9 Å². The van der Waals surface area contributed by atoms with Crippen molar-refractivity contribution in [2.45, 2.75) is 23.8 Å². The summed E-state index contributed by atoms with van der Waals surface area (Å²) in [6, 6.07) is 18.3. The highest BCUT2D eigenvalue weighted by molar-refractivity contribution is 7.89. The van der Waals surface area contributed by atoms with Crippen molar-refractivity contribution in [3.05, 3.63) is 84.3 Å². The number of sulfonamides is 1. The van der Waals surface area contributed by atoms with Gasteiger partial charge in [0.1, 0.15) is 5.82 Å². The number of rotatable bonds is 5. The van der Waals surface area contributed by atoms with Gasteiger partial charge in [-0.15, -0.1) is 0 Å². The highest BCUT2D eigenvalue weighted by Gasteiger charge is 2.31. The Morgan fingerprint density at radius 3 is 2.29 bits per heavy atom. The molecule has 1 aliphatic rings. The minimum Gasteiger partial charge on any atom is -0.366 e. The maximum Gasteiger partial charge on any atom is 0.249 e. The van der Waals surface area contributed by atoms with Crippen LogP contribution in [0.1, 0.15) is 29.2 Å². The van der Waals surface area contributed by atoms with E-state index in [1.165, 1.54) is 16.4 Å². The molecule has 0 saturated carbocycles. The van der Waals surface area contributed by atoms with E-state index in [0.29, 0.717) is 36.9 Å². The van der Waals surface area contributed by atoms with Crippen LogP contribution in [0.25, 0.3) is 22.0 Å². The van der Waals surface area contributed by atoms with Gasteiger partial charge in [0, 0.05) is 18.5 Å². The number of carbonyl (C=O) groups is 1. The molecule has 0 aliphatic carbocycles. The summed E-state index contributed by atoms with van der Waals surface area (Å²) in [6.07, 6.45) is 2.75. The van der Waals surface area contributed by atoms with Crippen molar-refractivity contribution in [2.75, 3.05) is 13.1 Å². The van der Waals surface area contributed by atoms with Crippen LogP contribution >= 0.6 is 0 Å². The molecular weight excluding hydrogens is 455 g/mol. The summed E-state index contributed by atoms with van der Waals surface area (Å²) in [6.45, 7) is 0.625. The Hall–Kier alpha value is -3.56. The van der Waals surface area contributed by atoms with Gasteiger partial charge >= 0.3 is 0 Å². The van der Waals surface area contributed by atoms with Crippen LogP contribution in [0.4, 0.5) is 4.39 Å². The molecule has 174 valence electrons. The third-order valence-electron chi connectivity index (χ3n) is 6.31. The third-order valence-corrected chi connectivity index (χ3v) is 8.22. The van der Waals surface area contributed by atoms with Gasteiger partial charge in [0.05, 0.1) is 28.2 Å². The van der Waals surface area contributed by atoms with Gasteiger partial charge in [-0.2, -0.15) is 9.40 Å². The molecule has 7 nitrogen and oxygen atoms in total. The highest BCUT2D eigenvalue weighted by Crippen LogP contribution is 2.33. The third kappa shape index (κ3) is 3.97. The first-order valence-electron chi connectivity index (χ1n) is 11.0. The second kappa shape index (κ2) is 8.66. The van der Waals surface area contributed by atoms with Gasteiger partial charge in [0.15, 0.2) is 0 Å². The average Bonchev–Trinajstić information content (AvgIpc) is 3.28. The van der Waals surface area contributed by atoms with Crippen LogP contribution in [-0.4, -0.2) is 41.5 Å². The fourth-order valence-corrected chi connectivity index (χ4v) is 5.99. The molecule has 1 aromatic heterocycles. The fraction of sp³-hybridized carbons (Fsp3) is 0.200. The number of fused-ring (bicyclic) bond motifs is 1. The standard InChI is InChI=1S/C25H23FN4O3S/c26-19-6-8-21(9-7-19)34(32,33)29-12-10-20(11-13-29)30-24-15-18(17-4-2-1-3-5-17)14-22(25(27)31)23(24)16-28-30/h1-9,14-16,20H,10-13H2,(H2,27,31). The Balaban J connectivity index is 1.45. The fourth-order valence-electron chi connectivity index (χ4n) is 4.52. The van der Waals surface area contributed by atoms with Crippen molar-refractivity contribution < 1.29 is 17.6 Å². The predicted molar refractivity (Wildman–Crippen MR) is 127 cm³/mol. The zero-order valence-electron chi connectivity index (χ0n) is 18.3. The number of hydrogen-bond acceptors (Lipinski definition) is 4. The maximum absolute atomic E-state index is 13.2. The molecule has 2 heterocycles. The van der Waals surface area contributed by atoms with Crippen LogP contribution in [0, 0.1) is 5.82 Å². The lowest BCUT2D eigenvalue weighted by Gasteiger charge is -2.31. The maximum atomic E-state index is 13.2. The molecule has 1 amide bonds. The molecular formula is C25H23FN4O3S. The number of benzene rings is 3. The van der Waals surface area contributed by atoms with E-state index >= 15 is 0 Å². The number of aromatic nitrogens is 2. The number of nitrogens with two attached hydrogens (primary N) is 1. The van der Waals surface area contributed by atoms with E-state index in [1.54, 1.807) is 12.3 Å². The van der Waals surface area contributed by atoms with Crippen LogP contribution in [0.2, 0.25) is 0 Å². The van der Waals surface area contributed by atoms with E-state index in [2.05, 4.69) is 5.10 Å². The van der Waals surface area contributed by atoms with Crippen molar-refractivity contribution in [2.24, 2.45) is 5.73 Å². The number of primary amides is 1. The van der Waals surface area contributed by atoms with Gasteiger partial charge in [-0.05, 0) is 60.4 Å². The Kier molecular flexibility index (Phi) is 5.66. The smallest absolute Gasteiger partial charge is 0.249 e. The highest BCUT2D eigenvalue weighted by atomic mass is 32.2. The first-order chi connectivity index (χ1) is 16.3. The lowest BCUT2D eigenvalue weighted by atomic mass is 9.99. The van der Waals surface area contributed by atoms with Crippen molar-refractivity contribution in [1.29, 1.82) is 0 Å². The molecule has 0 radical (unpaired) electrons. The second-order valence-corrected chi connectivity index (χ2v) is 10.3. The molecule has 34 heavy (non-hydrogen) atoms. The zero-order chi connectivity index (χ0) is 23.9. The van der Waals surface area contributed by atoms with Crippen molar-refractivity contribution in [3.63, 3.8) is 0 Å². The van der Waals surface area contributed by atoms with Crippen molar-refractivity contribution >= 4 is 26.8 Å². The quantitative estimate of drug-likeness (QED) is 0.469. The Morgan fingerprint density at radius 1 is 0.971 bits per heavy atom. The zero-order valence-corrected chi connectivity index (χ0v) is 19.1. The largest absolute Gasteiger partial charge is 0.366 e. The van der Waals surface area contributed by atoms with Crippen molar-refractivity contribution in [3.8, 4) is 11.1 Å². The molecule has 1 saturated heterocycles. The molecule has 0 unspecified atom stereocenters. The molecule has 2 N–H and O–H groups in total. The second-order valence-electron chi connectivity index (χ2n) is 8.37. The summed E-state index contributed by atoms with van der Waals surface area (Å²) in [4.78, 5) is 12.3. The lowest BCUT2D eigenvalue weighted by Crippen LogP contribution is -2.39. The molecule has 3 aromatic carbocycles. The van der Waals surface area contributed by atoms with Gasteiger partial charge < -0.3 is 5.73 Å². The first kappa shape index (κ1) is 22.2. The van der Waals surface area contributed by atoms with Crippen LogP contribution in [0.15, 0.2) is 77.8 Å². The summed E-state index contributed by atoms with van der Waals surface area (Å²) < 4.78 is 42.4. The van der Waals surface area contributed by atoms with E-state index in [9.17, 15) is 17.6 Å². The summed E-state index contributed by atoms with van der Waals surface area (Å²) in [5.74, 6) is -1.00. The number of carbonyl (C=O) groups excluding carboxylic acids is 1. The van der Waals surface area contributed by atoms with Crippen LogP contribution in [0.3, 0.4) is 0 Å². The van der Waals surface area contributed by atoms with Gasteiger partial charge in [-0.25, -0.2) is 12.8 Å². The van der Waals surface area contributed by atoms with Gasteiger partial charge in [0.2, 0.25) is 15.9 Å². The van der Waals surface area contributed by atoms with Crippen LogP contribution < -0.4 is 5.73 Å². The minimum absolute atomic E-state index is 0.0380. The van der Waals surface area contributed by atoms with Gasteiger partial charge in [-0.3, -0.25) is 9.48 Å². The molecule has 0 bridgehead atoms. The summed E-state index contributed by atoms with van der Waals surface area (Å²) >= 11 is 0. The Bertz CT molecular complexity index is 1460. The SMILES string of the molecule is NC(=O)c1cc(-c2ccccc2)cc2c1cnn2C1CCN(S(=O)(=O)c2ccc(F)cc2)CC1. The molecule has 1 aliphatic heterocycles. The Morgan fingerprint density at radius 2 is 1.65 bits per heavy atom. The van der Waals surface area contributed by atoms with Crippen molar-refractivity contribution in [1.82, 2.24) is 14.1 Å². The minimum atomic E-state index is -3.70. The lowest BCUT2D eigenvalue weighted by molar-refractivity contribution is 0.100. The number of halogens is 1. The number of nitrogens with zero attached hydrogens (tertiary/aromatic N) is 3. The molecule has 4 aromatic rings. The predicted octanol–water partition coefficient (Wildman–Crippen LogP) is 3.97. The van der Waals surface area contributed by atoms with E-state index < -0.39 is 21.7 Å². The summed E-state index contributed by atoms with van der Waals surface area (Å²) in [5, 5.41) is 5.23. The van der Waals surface area contributed by atoms with Gasteiger partial charge in [0.25, 0.3) is 0 Å². The molecule has 9 heteroatoms. The monoisotopic (exact) mass is 478 g/mol. The Labute approximate surface area is 196 Å². The summed E-state index contributed by atoms with van der Waals surface area (Å²) in [7, 11) is -3.70. The summed E-state index contributed by atoms with van der Waals surface area (Å²) in [5.41, 5.74) is 8.68. The number of piperidine rings is 1. The van der Waals surface area contributed by atoms with E-state index in [4.69, 9.17) is 5.73 Å². The molecule has 1 fully saturated rings. The molecule has 0 atom stereocenters. The van der Waals surface area contributed by atoms with E-state index in [1.807, 2.05) is 41.1 Å². The average molecular weight is 479 g/mol. The molecule has 0 spiro atoms. The van der Waals surface area contributed by atoms with Crippen LogP contribution in [-0.2, 0) is 10.0 Å². The van der Waals surface area contributed by atoms with Gasteiger partial charge in [-0.1, -0.05) is 30.3 Å².